The van der Waals surface area contributed by atoms with Crippen molar-refractivity contribution in [3.63, 3.8) is 0 Å². The first kappa shape index (κ1) is 12.7. The van der Waals surface area contributed by atoms with Crippen molar-refractivity contribution >= 4 is 11.6 Å². The number of nitrogen functional groups attached to an aromatic ring is 1. The molecule has 0 aliphatic rings. The topological polar surface area (TPSA) is 113 Å². The zero-order valence-electron chi connectivity index (χ0n) is 10.1. The van der Waals surface area contributed by atoms with Crippen molar-refractivity contribution in [3.05, 3.63) is 36.2 Å². The van der Waals surface area contributed by atoms with Gasteiger partial charge in [-0.05, 0) is 18.2 Å². The monoisotopic (exact) mass is 262 g/mol. The fourth-order valence-electron chi connectivity index (χ4n) is 1.55. The van der Waals surface area contributed by atoms with Gasteiger partial charge in [-0.1, -0.05) is 0 Å². The highest BCUT2D eigenvalue weighted by molar-refractivity contribution is 5.94. The molecule has 0 aliphatic heterocycles. The molecule has 2 rings (SSSR count). The third kappa shape index (κ3) is 3.15. The first-order valence-electron chi connectivity index (χ1n) is 5.64. The molecule has 1 aromatic carbocycles. The molecule has 1 heterocycles. The van der Waals surface area contributed by atoms with Gasteiger partial charge in [0.05, 0.1) is 18.4 Å². The molecule has 7 nitrogen and oxygen atoms in total. The number of rotatable bonds is 4. The summed E-state index contributed by atoms with van der Waals surface area (Å²) >= 11 is 0. The number of carbonyl (C=O) groups excluding carboxylic acids is 1. The maximum Gasteiger partial charge on any atom is 0.251 e. The number of phenols is 2. The smallest absolute Gasteiger partial charge is 0.251 e. The lowest BCUT2D eigenvalue weighted by molar-refractivity contribution is 0.0951. The standard InChI is InChI=1S/C12H14N4O3/c13-9-6-15-16(7-9)4-3-14-12(19)8-1-2-10(17)11(18)5-8/h1-2,5-7,17-18H,3-4,13H2,(H,14,19). The molecular formula is C12H14N4O3. The molecule has 0 spiro atoms. The molecule has 1 amide bonds. The zero-order chi connectivity index (χ0) is 13.8. The number of aromatic hydroxyl groups is 2. The maximum atomic E-state index is 11.7. The van der Waals surface area contributed by atoms with Crippen LogP contribution < -0.4 is 11.1 Å². The van der Waals surface area contributed by atoms with Crippen LogP contribution in [-0.2, 0) is 6.54 Å². The highest BCUT2D eigenvalue weighted by atomic mass is 16.3. The molecule has 0 bridgehead atoms. The fraction of sp³-hybridized carbons (Fsp3) is 0.167. The predicted molar refractivity (Wildman–Crippen MR) is 68.7 cm³/mol. The van der Waals surface area contributed by atoms with E-state index in [1.807, 2.05) is 0 Å². The van der Waals surface area contributed by atoms with Crippen LogP contribution in [0.2, 0.25) is 0 Å². The van der Waals surface area contributed by atoms with E-state index in [-0.39, 0.29) is 23.0 Å². The Morgan fingerprint density at radius 1 is 1.37 bits per heavy atom. The Morgan fingerprint density at radius 3 is 2.79 bits per heavy atom. The van der Waals surface area contributed by atoms with Gasteiger partial charge in [0.15, 0.2) is 11.5 Å². The van der Waals surface area contributed by atoms with E-state index in [2.05, 4.69) is 10.4 Å². The molecule has 0 fully saturated rings. The molecule has 5 N–H and O–H groups in total. The van der Waals surface area contributed by atoms with Crippen LogP contribution in [0, 0.1) is 0 Å². The average Bonchev–Trinajstić information content (AvgIpc) is 2.78. The van der Waals surface area contributed by atoms with Gasteiger partial charge in [-0.3, -0.25) is 9.48 Å². The van der Waals surface area contributed by atoms with Gasteiger partial charge in [-0.15, -0.1) is 0 Å². The minimum Gasteiger partial charge on any atom is -0.504 e. The number of hydrogen-bond donors (Lipinski definition) is 4. The Bertz CT molecular complexity index is 594. The second-order valence-corrected chi connectivity index (χ2v) is 4.00. The SMILES string of the molecule is Nc1cnn(CCNC(=O)c2ccc(O)c(O)c2)c1. The summed E-state index contributed by atoms with van der Waals surface area (Å²) in [6.07, 6.45) is 3.19. The number of nitrogens with zero attached hydrogens (tertiary/aromatic N) is 2. The fourth-order valence-corrected chi connectivity index (χ4v) is 1.55. The van der Waals surface area contributed by atoms with Crippen molar-refractivity contribution in [2.75, 3.05) is 12.3 Å². The summed E-state index contributed by atoms with van der Waals surface area (Å²) in [6.45, 7) is 0.870. The van der Waals surface area contributed by atoms with Crippen LogP contribution in [0.15, 0.2) is 30.6 Å². The Balaban J connectivity index is 1.89. The minimum atomic E-state index is -0.338. The first-order chi connectivity index (χ1) is 9.06. The van der Waals surface area contributed by atoms with Crippen LogP contribution in [0.1, 0.15) is 10.4 Å². The van der Waals surface area contributed by atoms with E-state index in [4.69, 9.17) is 10.8 Å². The van der Waals surface area contributed by atoms with E-state index in [0.29, 0.717) is 18.8 Å². The van der Waals surface area contributed by atoms with Crippen molar-refractivity contribution in [2.45, 2.75) is 6.54 Å². The van der Waals surface area contributed by atoms with Gasteiger partial charge in [0.2, 0.25) is 0 Å². The Hall–Kier alpha value is -2.70. The lowest BCUT2D eigenvalue weighted by Crippen LogP contribution is -2.27. The highest BCUT2D eigenvalue weighted by Gasteiger charge is 2.08. The first-order valence-corrected chi connectivity index (χ1v) is 5.64. The van der Waals surface area contributed by atoms with E-state index < -0.39 is 0 Å². The summed E-state index contributed by atoms with van der Waals surface area (Å²) in [5, 5.41) is 25.1. The summed E-state index contributed by atoms with van der Waals surface area (Å²) in [6, 6.07) is 3.89. The lowest BCUT2D eigenvalue weighted by Gasteiger charge is -2.06. The minimum absolute atomic E-state index is 0.261. The van der Waals surface area contributed by atoms with E-state index in [9.17, 15) is 9.90 Å². The number of aromatic nitrogens is 2. The molecule has 19 heavy (non-hydrogen) atoms. The average molecular weight is 262 g/mol. The lowest BCUT2D eigenvalue weighted by atomic mass is 10.2. The predicted octanol–water partition coefficient (Wildman–Crippen LogP) is 0.306. The summed E-state index contributed by atoms with van der Waals surface area (Å²) in [4.78, 5) is 11.7. The highest BCUT2D eigenvalue weighted by Crippen LogP contribution is 2.24. The third-order valence-corrected chi connectivity index (χ3v) is 2.52. The van der Waals surface area contributed by atoms with E-state index in [0.717, 1.165) is 0 Å². The van der Waals surface area contributed by atoms with Gasteiger partial charge < -0.3 is 21.3 Å². The van der Waals surface area contributed by atoms with Gasteiger partial charge >= 0.3 is 0 Å². The Morgan fingerprint density at radius 2 is 2.16 bits per heavy atom. The summed E-state index contributed by atoms with van der Waals surface area (Å²) in [7, 11) is 0. The third-order valence-electron chi connectivity index (χ3n) is 2.52. The van der Waals surface area contributed by atoms with Gasteiger partial charge in [0.1, 0.15) is 0 Å². The second-order valence-electron chi connectivity index (χ2n) is 4.00. The number of amides is 1. The summed E-state index contributed by atoms with van der Waals surface area (Å²) < 4.78 is 1.61. The molecular weight excluding hydrogens is 248 g/mol. The zero-order valence-corrected chi connectivity index (χ0v) is 10.1. The summed E-state index contributed by atoms with van der Waals surface area (Å²) in [5.74, 6) is -0.925. The van der Waals surface area contributed by atoms with Gasteiger partial charge in [-0.2, -0.15) is 5.10 Å². The molecule has 0 saturated carbocycles. The molecule has 100 valence electrons. The second kappa shape index (κ2) is 5.30. The quantitative estimate of drug-likeness (QED) is 0.592. The van der Waals surface area contributed by atoms with Crippen LogP contribution >= 0.6 is 0 Å². The molecule has 2 aromatic rings. The van der Waals surface area contributed by atoms with Crippen molar-refractivity contribution in [1.82, 2.24) is 15.1 Å². The van der Waals surface area contributed by atoms with Crippen LogP contribution in [0.5, 0.6) is 11.5 Å². The molecule has 0 atom stereocenters. The van der Waals surface area contributed by atoms with Crippen LogP contribution in [-0.4, -0.2) is 32.4 Å². The molecule has 1 aromatic heterocycles. The molecule has 7 heteroatoms. The van der Waals surface area contributed by atoms with Crippen LogP contribution in [0.4, 0.5) is 5.69 Å². The van der Waals surface area contributed by atoms with Crippen LogP contribution in [0.3, 0.4) is 0 Å². The van der Waals surface area contributed by atoms with Crippen molar-refractivity contribution in [1.29, 1.82) is 0 Å². The summed E-state index contributed by atoms with van der Waals surface area (Å²) in [5.41, 5.74) is 6.35. The number of hydrogen-bond acceptors (Lipinski definition) is 5. The van der Waals surface area contributed by atoms with Crippen molar-refractivity contribution in [3.8, 4) is 11.5 Å². The largest absolute Gasteiger partial charge is 0.504 e. The van der Waals surface area contributed by atoms with Gasteiger partial charge in [0.25, 0.3) is 5.91 Å². The molecule has 0 radical (unpaired) electrons. The maximum absolute atomic E-state index is 11.7. The van der Waals surface area contributed by atoms with E-state index >= 15 is 0 Å². The molecule has 0 unspecified atom stereocenters. The Kier molecular flexibility index (Phi) is 3.56. The van der Waals surface area contributed by atoms with E-state index in [1.54, 1.807) is 10.9 Å². The molecule has 0 saturated heterocycles. The number of carbonyl (C=O) groups is 1. The molecule has 0 aliphatic carbocycles. The Labute approximate surface area is 109 Å². The number of benzene rings is 1. The number of anilines is 1. The van der Waals surface area contributed by atoms with Gasteiger partial charge in [-0.25, -0.2) is 0 Å². The van der Waals surface area contributed by atoms with E-state index in [1.165, 1.54) is 24.4 Å². The number of nitrogens with two attached hydrogens (primary N) is 1. The van der Waals surface area contributed by atoms with Crippen molar-refractivity contribution in [2.24, 2.45) is 0 Å². The number of phenolic OH excluding ortho intramolecular Hbond substituents is 2. The number of nitrogens with one attached hydrogen (secondary N) is 1. The normalized spacial score (nSPS) is 10.3. The van der Waals surface area contributed by atoms with Gasteiger partial charge in [0, 0.05) is 18.3 Å². The van der Waals surface area contributed by atoms with Crippen LogP contribution in [0.25, 0.3) is 0 Å². The van der Waals surface area contributed by atoms with Crippen molar-refractivity contribution < 1.29 is 15.0 Å².